The van der Waals surface area contributed by atoms with E-state index in [1.807, 2.05) is 56.3 Å². The molecule has 0 unspecified atom stereocenters. The fourth-order valence-electron chi connectivity index (χ4n) is 4.19. The molecule has 0 radical (unpaired) electrons. The molecule has 0 bridgehead atoms. The molecule has 3 aromatic rings. The number of carbonyl (C=O) groups is 1. The number of hydrogen-bond acceptors (Lipinski definition) is 6. The lowest BCUT2D eigenvalue weighted by Crippen LogP contribution is -2.25. The molecule has 32 heavy (non-hydrogen) atoms. The summed E-state index contributed by atoms with van der Waals surface area (Å²) in [5.74, 6) is 1.96. The number of rotatable bonds is 7. The van der Waals surface area contributed by atoms with Crippen LogP contribution < -0.4 is 10.2 Å². The fraction of sp³-hybridized carbons (Fsp3) is 0.440. The van der Waals surface area contributed by atoms with Gasteiger partial charge in [-0.05, 0) is 31.2 Å². The molecule has 1 fully saturated rings. The minimum atomic E-state index is 0.148. The molecule has 0 spiro atoms. The van der Waals surface area contributed by atoms with Gasteiger partial charge in [-0.1, -0.05) is 48.7 Å². The molecule has 0 saturated heterocycles. The molecular formula is C25H31N5O2. The third-order valence-electron chi connectivity index (χ3n) is 5.99. The van der Waals surface area contributed by atoms with E-state index in [2.05, 4.69) is 15.5 Å². The fourth-order valence-corrected chi connectivity index (χ4v) is 4.19. The summed E-state index contributed by atoms with van der Waals surface area (Å²) in [6.45, 7) is 2.42. The maximum atomic E-state index is 12.3. The molecule has 1 N–H and O–H groups in total. The van der Waals surface area contributed by atoms with E-state index < -0.39 is 0 Å². The van der Waals surface area contributed by atoms with E-state index in [9.17, 15) is 4.79 Å². The number of hydrogen-bond donors (Lipinski definition) is 1. The summed E-state index contributed by atoms with van der Waals surface area (Å²) >= 11 is 0. The quantitative estimate of drug-likeness (QED) is 0.578. The summed E-state index contributed by atoms with van der Waals surface area (Å²) < 4.78 is 5.47. The zero-order chi connectivity index (χ0) is 22.5. The van der Waals surface area contributed by atoms with Crippen molar-refractivity contribution in [2.75, 3.05) is 19.0 Å². The third-order valence-corrected chi connectivity index (χ3v) is 5.99. The van der Waals surface area contributed by atoms with Crippen LogP contribution in [0.1, 0.15) is 49.8 Å². The van der Waals surface area contributed by atoms with Gasteiger partial charge in [0.2, 0.25) is 11.9 Å². The molecule has 7 heteroatoms. The van der Waals surface area contributed by atoms with Crippen LogP contribution in [-0.4, -0.2) is 35.1 Å². The normalized spacial score (nSPS) is 14.3. The van der Waals surface area contributed by atoms with Gasteiger partial charge in [0.1, 0.15) is 0 Å². The van der Waals surface area contributed by atoms with Crippen molar-refractivity contribution in [3.8, 4) is 22.6 Å². The van der Waals surface area contributed by atoms with Crippen molar-refractivity contribution in [3.05, 3.63) is 47.8 Å². The first-order chi connectivity index (χ1) is 15.5. The van der Waals surface area contributed by atoms with Crippen LogP contribution in [0.5, 0.6) is 0 Å². The van der Waals surface area contributed by atoms with Crippen molar-refractivity contribution in [1.29, 1.82) is 0 Å². The van der Waals surface area contributed by atoms with E-state index >= 15 is 0 Å². The van der Waals surface area contributed by atoms with Gasteiger partial charge >= 0.3 is 0 Å². The van der Waals surface area contributed by atoms with Crippen LogP contribution in [0.2, 0.25) is 0 Å². The van der Waals surface area contributed by atoms with Crippen molar-refractivity contribution < 1.29 is 9.32 Å². The van der Waals surface area contributed by atoms with Gasteiger partial charge in [-0.15, -0.1) is 0 Å². The second-order valence-electron chi connectivity index (χ2n) is 8.84. The van der Waals surface area contributed by atoms with Crippen LogP contribution in [0.15, 0.2) is 41.1 Å². The average Bonchev–Trinajstić information content (AvgIpc) is 3.24. The molecule has 1 aromatic carbocycles. The van der Waals surface area contributed by atoms with E-state index in [0.717, 1.165) is 28.1 Å². The Morgan fingerprint density at radius 1 is 1.16 bits per heavy atom. The van der Waals surface area contributed by atoms with Crippen LogP contribution >= 0.6 is 0 Å². The van der Waals surface area contributed by atoms with Crippen LogP contribution in [0.4, 0.5) is 5.95 Å². The molecule has 7 nitrogen and oxygen atoms in total. The Hall–Kier alpha value is -3.22. The molecule has 1 aliphatic rings. The van der Waals surface area contributed by atoms with Gasteiger partial charge in [0.05, 0.1) is 17.0 Å². The molecule has 2 aromatic heterocycles. The van der Waals surface area contributed by atoms with Gasteiger partial charge in [0.15, 0.2) is 5.76 Å². The Labute approximate surface area is 189 Å². The summed E-state index contributed by atoms with van der Waals surface area (Å²) in [5, 5.41) is 7.08. The zero-order valence-electron chi connectivity index (χ0n) is 19.1. The standard InChI is InChI=1S/C25H31N5O2/c1-17-13-22(32-29-17)21-16-27-25(30(2)3)28-24(21)20-11-9-19(10-12-20)15-26-23(31)14-18-7-5-4-6-8-18/h9-13,16,18H,4-8,14-15H2,1-3H3,(H,26,31). The summed E-state index contributed by atoms with van der Waals surface area (Å²) in [4.78, 5) is 23.4. The van der Waals surface area contributed by atoms with E-state index in [0.29, 0.717) is 30.6 Å². The predicted octanol–water partition coefficient (Wildman–Crippen LogP) is 4.76. The molecule has 4 rings (SSSR count). The second-order valence-corrected chi connectivity index (χ2v) is 8.84. The topological polar surface area (TPSA) is 84.2 Å². The van der Waals surface area contributed by atoms with Gasteiger partial charge in [-0.25, -0.2) is 9.97 Å². The molecule has 0 aliphatic heterocycles. The van der Waals surface area contributed by atoms with Gasteiger partial charge in [0, 0.05) is 44.9 Å². The van der Waals surface area contributed by atoms with E-state index in [4.69, 9.17) is 9.51 Å². The number of nitrogens with one attached hydrogen (secondary N) is 1. The van der Waals surface area contributed by atoms with Gasteiger partial charge in [-0.2, -0.15) is 0 Å². The molecule has 0 atom stereocenters. The Morgan fingerprint density at radius 3 is 2.56 bits per heavy atom. The minimum Gasteiger partial charge on any atom is -0.356 e. The highest BCUT2D eigenvalue weighted by Gasteiger charge is 2.18. The van der Waals surface area contributed by atoms with E-state index in [1.54, 1.807) is 6.20 Å². The van der Waals surface area contributed by atoms with Crippen molar-refractivity contribution >= 4 is 11.9 Å². The summed E-state index contributed by atoms with van der Waals surface area (Å²) in [6.07, 6.45) is 8.61. The highest BCUT2D eigenvalue weighted by atomic mass is 16.5. The molecule has 1 saturated carbocycles. The van der Waals surface area contributed by atoms with Gasteiger partial charge < -0.3 is 14.7 Å². The lowest BCUT2D eigenvalue weighted by atomic mass is 9.87. The van der Waals surface area contributed by atoms with Crippen molar-refractivity contribution in [2.45, 2.75) is 52.0 Å². The number of anilines is 1. The lowest BCUT2D eigenvalue weighted by Gasteiger charge is -2.20. The van der Waals surface area contributed by atoms with Crippen molar-refractivity contribution in [3.63, 3.8) is 0 Å². The summed E-state index contributed by atoms with van der Waals surface area (Å²) in [5.41, 5.74) is 4.40. The number of aromatic nitrogens is 3. The maximum absolute atomic E-state index is 12.3. The maximum Gasteiger partial charge on any atom is 0.225 e. The van der Waals surface area contributed by atoms with Crippen molar-refractivity contribution in [2.24, 2.45) is 5.92 Å². The van der Waals surface area contributed by atoms with E-state index in [1.165, 1.54) is 32.1 Å². The average molecular weight is 434 g/mol. The number of benzene rings is 1. The molecule has 2 heterocycles. The number of carbonyl (C=O) groups excluding carboxylic acids is 1. The number of aryl methyl sites for hydroxylation is 1. The molecular weight excluding hydrogens is 402 g/mol. The largest absolute Gasteiger partial charge is 0.356 e. The van der Waals surface area contributed by atoms with Gasteiger partial charge in [0.25, 0.3) is 0 Å². The zero-order valence-corrected chi connectivity index (χ0v) is 19.1. The highest BCUT2D eigenvalue weighted by molar-refractivity contribution is 5.79. The Morgan fingerprint density at radius 2 is 1.91 bits per heavy atom. The monoisotopic (exact) mass is 433 g/mol. The smallest absolute Gasteiger partial charge is 0.225 e. The lowest BCUT2D eigenvalue weighted by molar-refractivity contribution is -0.122. The Bertz CT molecular complexity index is 1050. The Kier molecular flexibility index (Phi) is 6.83. The van der Waals surface area contributed by atoms with Gasteiger partial charge in [-0.3, -0.25) is 4.79 Å². The van der Waals surface area contributed by atoms with Crippen LogP contribution in [0.25, 0.3) is 22.6 Å². The highest BCUT2D eigenvalue weighted by Crippen LogP contribution is 2.32. The van der Waals surface area contributed by atoms with E-state index in [-0.39, 0.29) is 5.91 Å². The first-order valence-corrected chi connectivity index (χ1v) is 11.3. The SMILES string of the molecule is Cc1cc(-c2cnc(N(C)C)nc2-c2ccc(CNC(=O)CC3CCCCC3)cc2)on1. The Balaban J connectivity index is 1.48. The second kappa shape index (κ2) is 9.94. The number of nitrogens with zero attached hydrogens (tertiary/aromatic N) is 4. The van der Waals surface area contributed by atoms with Crippen LogP contribution in [-0.2, 0) is 11.3 Å². The summed E-state index contributed by atoms with van der Waals surface area (Å²) in [6, 6.07) is 9.99. The third kappa shape index (κ3) is 5.33. The van der Waals surface area contributed by atoms with Crippen LogP contribution in [0, 0.1) is 12.8 Å². The van der Waals surface area contributed by atoms with Crippen molar-refractivity contribution in [1.82, 2.24) is 20.4 Å². The van der Waals surface area contributed by atoms with Crippen LogP contribution in [0.3, 0.4) is 0 Å². The predicted molar refractivity (Wildman–Crippen MR) is 125 cm³/mol. The molecule has 168 valence electrons. The number of amides is 1. The first-order valence-electron chi connectivity index (χ1n) is 11.3. The molecule has 1 amide bonds. The minimum absolute atomic E-state index is 0.148. The first kappa shape index (κ1) is 22.0. The molecule has 1 aliphatic carbocycles. The summed E-state index contributed by atoms with van der Waals surface area (Å²) in [7, 11) is 3.83.